The van der Waals surface area contributed by atoms with E-state index < -0.39 is 0 Å². The van der Waals surface area contributed by atoms with E-state index in [1.807, 2.05) is 56.3 Å². The molecule has 5 rings (SSSR count). The quantitative estimate of drug-likeness (QED) is 0.179. The van der Waals surface area contributed by atoms with Crippen LogP contribution in [0, 0.1) is 12.3 Å². The molecule has 4 aromatic carbocycles. The van der Waals surface area contributed by atoms with Crippen LogP contribution < -0.4 is 15.0 Å². The lowest BCUT2D eigenvalue weighted by Crippen LogP contribution is -2.21. The van der Waals surface area contributed by atoms with Crippen molar-refractivity contribution in [2.75, 3.05) is 13.2 Å². The number of fused-ring (bicyclic) bond motifs is 2. The molecular weight excluding hydrogens is 522 g/mol. The molecule has 0 N–H and O–H groups in total. The number of aryl methyl sites for hydroxylation is 1. The number of aromatic nitrogens is 2. The summed E-state index contributed by atoms with van der Waals surface area (Å²) in [6.07, 6.45) is 1.73. The molecule has 216 valence electrons. The normalized spacial score (nSPS) is 12.1. The lowest BCUT2D eigenvalue weighted by Gasteiger charge is -2.20. The molecule has 0 saturated carbocycles. The maximum atomic E-state index is 14.0. The van der Waals surface area contributed by atoms with Gasteiger partial charge in [0.15, 0.2) is 5.82 Å². The highest BCUT2D eigenvalue weighted by molar-refractivity contribution is 6.02. The average Bonchev–Trinajstić information content (AvgIpc) is 2.95. The molecule has 0 fully saturated rings. The summed E-state index contributed by atoms with van der Waals surface area (Å²) in [5.74, 6) is 2.27. The van der Waals surface area contributed by atoms with Gasteiger partial charge in [-0.1, -0.05) is 77.1 Å². The maximum absolute atomic E-state index is 14.0. The van der Waals surface area contributed by atoms with Crippen molar-refractivity contribution in [1.29, 1.82) is 0 Å². The van der Waals surface area contributed by atoms with Crippen LogP contribution in [0.1, 0.15) is 64.2 Å². The van der Waals surface area contributed by atoms with E-state index in [1.54, 1.807) is 12.3 Å². The van der Waals surface area contributed by atoms with E-state index in [4.69, 9.17) is 19.6 Å². The first-order chi connectivity index (χ1) is 20.1. The maximum Gasteiger partial charge on any atom is 0.282 e. The highest BCUT2D eigenvalue weighted by atomic mass is 16.5. The molecule has 6 nitrogen and oxygen atoms in total. The van der Waals surface area contributed by atoms with Crippen molar-refractivity contribution < 1.29 is 9.47 Å². The zero-order chi connectivity index (χ0) is 30.0. The minimum atomic E-state index is -0.233. The van der Waals surface area contributed by atoms with Crippen LogP contribution in [-0.2, 0) is 0 Å². The van der Waals surface area contributed by atoms with E-state index in [-0.39, 0.29) is 16.9 Å². The van der Waals surface area contributed by atoms with Gasteiger partial charge < -0.3 is 9.47 Å². The van der Waals surface area contributed by atoms with Crippen LogP contribution in [0.15, 0.2) is 82.7 Å². The smallest absolute Gasteiger partial charge is 0.282 e. The molecule has 0 bridgehead atoms. The molecule has 0 spiro atoms. The third kappa shape index (κ3) is 5.94. The van der Waals surface area contributed by atoms with Gasteiger partial charge in [-0.15, -0.1) is 0 Å². The number of ether oxygens (including phenoxy) is 2. The fourth-order valence-electron chi connectivity index (χ4n) is 5.02. The first-order valence-electron chi connectivity index (χ1n) is 14.6. The molecule has 0 aliphatic rings. The Labute approximate surface area is 247 Å². The molecule has 1 aromatic heterocycles. The standard InChI is InChI=1S/C36H39N3O3/c1-8-41-33-19-24(4)29(20-28(33)23(2)3)34-38-31-16-12-11-15-27(31)35(40)39(34)37-21-30-26-14-10-9-13-25(26)17-18-32(30)42-22-36(5,6)7/h9-21,23H,8,22H2,1-7H3. The second-order valence-electron chi connectivity index (χ2n) is 12.2. The summed E-state index contributed by atoms with van der Waals surface area (Å²) in [5, 5.41) is 7.41. The summed E-state index contributed by atoms with van der Waals surface area (Å²) >= 11 is 0. The minimum Gasteiger partial charge on any atom is -0.494 e. The van der Waals surface area contributed by atoms with Crippen LogP contribution in [0.5, 0.6) is 11.5 Å². The van der Waals surface area contributed by atoms with Crippen molar-refractivity contribution in [2.45, 2.75) is 54.4 Å². The Morgan fingerprint density at radius 1 is 0.929 bits per heavy atom. The van der Waals surface area contributed by atoms with E-state index in [9.17, 15) is 4.79 Å². The van der Waals surface area contributed by atoms with Crippen LogP contribution >= 0.6 is 0 Å². The number of hydrogen-bond donors (Lipinski definition) is 0. The number of rotatable bonds is 8. The van der Waals surface area contributed by atoms with Gasteiger partial charge in [0.25, 0.3) is 5.56 Å². The number of para-hydroxylation sites is 1. The van der Waals surface area contributed by atoms with Crippen molar-refractivity contribution in [3.05, 3.63) is 99.8 Å². The van der Waals surface area contributed by atoms with E-state index in [0.717, 1.165) is 44.5 Å². The van der Waals surface area contributed by atoms with Crippen molar-refractivity contribution in [1.82, 2.24) is 9.66 Å². The van der Waals surface area contributed by atoms with Gasteiger partial charge in [-0.3, -0.25) is 4.79 Å². The summed E-state index contributed by atoms with van der Waals surface area (Å²) in [7, 11) is 0. The van der Waals surface area contributed by atoms with Gasteiger partial charge in [-0.05, 0) is 77.4 Å². The molecule has 0 radical (unpaired) electrons. The SMILES string of the molecule is CCOc1cc(C)c(-c2nc3ccccc3c(=O)n2N=Cc2c(OCC(C)(C)C)ccc3ccccc23)cc1C(C)C. The molecule has 0 unspecified atom stereocenters. The van der Waals surface area contributed by atoms with Gasteiger partial charge in [0, 0.05) is 11.1 Å². The molecule has 0 amide bonds. The third-order valence-electron chi connectivity index (χ3n) is 7.17. The number of benzene rings is 4. The van der Waals surface area contributed by atoms with Gasteiger partial charge >= 0.3 is 0 Å². The Bertz CT molecular complexity index is 1840. The minimum absolute atomic E-state index is 0.0221. The fourth-order valence-corrected chi connectivity index (χ4v) is 5.02. The first kappa shape index (κ1) is 29.1. The zero-order valence-corrected chi connectivity index (χ0v) is 25.6. The Balaban J connectivity index is 1.75. The monoisotopic (exact) mass is 561 g/mol. The molecule has 5 aromatic rings. The van der Waals surface area contributed by atoms with E-state index in [2.05, 4.69) is 58.9 Å². The summed E-state index contributed by atoms with van der Waals surface area (Å²) < 4.78 is 13.7. The van der Waals surface area contributed by atoms with Crippen molar-refractivity contribution in [2.24, 2.45) is 10.5 Å². The lowest BCUT2D eigenvalue weighted by molar-refractivity contribution is 0.198. The van der Waals surface area contributed by atoms with Crippen LogP contribution in [-0.4, -0.2) is 29.1 Å². The van der Waals surface area contributed by atoms with Gasteiger partial charge in [-0.25, -0.2) is 4.98 Å². The number of hydrogen-bond acceptors (Lipinski definition) is 5. The molecular formula is C36H39N3O3. The van der Waals surface area contributed by atoms with Gasteiger partial charge in [0.05, 0.1) is 30.3 Å². The molecule has 6 heteroatoms. The average molecular weight is 562 g/mol. The Kier molecular flexibility index (Phi) is 8.17. The second kappa shape index (κ2) is 11.8. The summed E-state index contributed by atoms with van der Waals surface area (Å²) in [6.45, 7) is 15.8. The van der Waals surface area contributed by atoms with Gasteiger partial charge in [0.2, 0.25) is 0 Å². The van der Waals surface area contributed by atoms with Crippen LogP contribution in [0.4, 0.5) is 0 Å². The molecule has 0 saturated heterocycles. The van der Waals surface area contributed by atoms with E-state index >= 15 is 0 Å². The summed E-state index contributed by atoms with van der Waals surface area (Å²) in [4.78, 5) is 19.0. The molecule has 0 atom stereocenters. The highest BCUT2D eigenvalue weighted by Gasteiger charge is 2.19. The first-order valence-corrected chi connectivity index (χ1v) is 14.6. The summed E-state index contributed by atoms with van der Waals surface area (Å²) in [6, 6.07) is 23.7. The lowest BCUT2D eigenvalue weighted by atomic mass is 9.96. The Hall–Kier alpha value is -4.45. The van der Waals surface area contributed by atoms with Crippen molar-refractivity contribution in [3.63, 3.8) is 0 Å². The largest absolute Gasteiger partial charge is 0.494 e. The van der Waals surface area contributed by atoms with E-state index in [1.165, 1.54) is 4.68 Å². The number of nitrogens with zero attached hydrogens (tertiary/aromatic N) is 3. The second-order valence-corrected chi connectivity index (χ2v) is 12.2. The zero-order valence-electron chi connectivity index (χ0n) is 25.6. The fraction of sp³-hybridized carbons (Fsp3) is 0.306. The Morgan fingerprint density at radius 2 is 1.64 bits per heavy atom. The molecule has 42 heavy (non-hydrogen) atoms. The predicted molar refractivity (Wildman–Crippen MR) is 173 cm³/mol. The third-order valence-corrected chi connectivity index (χ3v) is 7.17. The molecule has 0 aliphatic carbocycles. The van der Waals surface area contributed by atoms with Crippen LogP contribution in [0.2, 0.25) is 0 Å². The Morgan fingerprint density at radius 3 is 2.36 bits per heavy atom. The van der Waals surface area contributed by atoms with Crippen molar-refractivity contribution >= 4 is 27.9 Å². The van der Waals surface area contributed by atoms with E-state index in [0.29, 0.717) is 29.9 Å². The predicted octanol–water partition coefficient (Wildman–Crippen LogP) is 8.35. The summed E-state index contributed by atoms with van der Waals surface area (Å²) in [5.41, 5.74) is 4.03. The van der Waals surface area contributed by atoms with Crippen LogP contribution in [0.3, 0.4) is 0 Å². The molecule has 0 aliphatic heterocycles. The molecule has 1 heterocycles. The van der Waals surface area contributed by atoms with Crippen molar-refractivity contribution in [3.8, 4) is 22.9 Å². The van der Waals surface area contributed by atoms with Gasteiger partial charge in [0.1, 0.15) is 11.5 Å². The van der Waals surface area contributed by atoms with Crippen LogP contribution in [0.25, 0.3) is 33.1 Å². The topological polar surface area (TPSA) is 65.7 Å². The highest BCUT2D eigenvalue weighted by Crippen LogP contribution is 2.35. The van der Waals surface area contributed by atoms with Gasteiger partial charge in [-0.2, -0.15) is 9.78 Å².